The number of nitrogens with two attached hydrogens (primary N) is 1. The minimum atomic E-state index is -1.24. The number of aliphatic hydroxyl groups is 1. The largest absolute Gasteiger partial charge is 0.460 e. The maximum atomic E-state index is 13.7. The van der Waals surface area contributed by atoms with Crippen LogP contribution < -0.4 is 5.73 Å². The summed E-state index contributed by atoms with van der Waals surface area (Å²) in [6.07, 6.45) is 1.70. The van der Waals surface area contributed by atoms with Crippen molar-refractivity contribution in [3.8, 4) is 0 Å². The molecule has 0 amide bonds. The van der Waals surface area contributed by atoms with E-state index in [0.717, 1.165) is 11.1 Å². The van der Waals surface area contributed by atoms with Crippen LogP contribution in [0.25, 0.3) is 0 Å². The Balaban J connectivity index is 1.93. The van der Waals surface area contributed by atoms with Crippen LogP contribution in [0.15, 0.2) is 66.9 Å². The van der Waals surface area contributed by atoms with Crippen LogP contribution in [0.2, 0.25) is 0 Å². The van der Waals surface area contributed by atoms with Crippen molar-refractivity contribution in [3.63, 3.8) is 0 Å². The minimum Gasteiger partial charge on any atom is -0.460 e. The summed E-state index contributed by atoms with van der Waals surface area (Å²) in [6, 6.07) is 19.1. The van der Waals surface area contributed by atoms with Crippen LogP contribution >= 0.6 is 0 Å². The fourth-order valence-corrected chi connectivity index (χ4v) is 4.71. The van der Waals surface area contributed by atoms with Gasteiger partial charge >= 0.3 is 5.97 Å². The fourth-order valence-electron chi connectivity index (χ4n) is 4.71. The van der Waals surface area contributed by atoms with Crippen LogP contribution in [-0.4, -0.2) is 38.5 Å². The van der Waals surface area contributed by atoms with Gasteiger partial charge in [-0.15, -0.1) is 0 Å². The lowest BCUT2D eigenvalue weighted by Crippen LogP contribution is -2.55. The number of nitrogens with one attached hydrogen (secondary N) is 1. The van der Waals surface area contributed by atoms with Crippen molar-refractivity contribution >= 4 is 11.8 Å². The molecule has 7 nitrogen and oxygen atoms in total. The van der Waals surface area contributed by atoms with E-state index in [-0.39, 0.29) is 18.1 Å². The first-order valence-electron chi connectivity index (χ1n) is 13.3. The standard InChI is InChI=1S/C31H41N3O4/c1-21(2)18-26(36)24-20-33-27(34-24)17-16-25(35)28(29(37)38-30(3,4)5)31(32,23-14-10-7-11-15-23)19-22-12-8-6-9-13-22/h6-15,20-21,25,28,35H,16-19,32H2,1-5H3,(H,33,34)/t25-,28-,31?/m0/s1. The van der Waals surface area contributed by atoms with E-state index < -0.39 is 29.1 Å². The van der Waals surface area contributed by atoms with Crippen LogP contribution in [0.4, 0.5) is 0 Å². The summed E-state index contributed by atoms with van der Waals surface area (Å²) in [5, 5.41) is 11.6. The number of carbonyl (C=O) groups is 2. The number of H-pyrrole nitrogens is 1. The molecule has 1 aromatic heterocycles. The number of imidazole rings is 1. The Morgan fingerprint density at radius 2 is 1.63 bits per heavy atom. The van der Waals surface area contributed by atoms with Gasteiger partial charge in [-0.05, 0) is 50.7 Å². The summed E-state index contributed by atoms with van der Waals surface area (Å²) in [5.74, 6) is -0.796. The first-order chi connectivity index (χ1) is 17.9. The Kier molecular flexibility index (Phi) is 9.63. The molecule has 2 aromatic carbocycles. The zero-order valence-electron chi connectivity index (χ0n) is 23.1. The van der Waals surface area contributed by atoms with Crippen molar-refractivity contribution in [2.24, 2.45) is 17.6 Å². The second-order valence-corrected chi connectivity index (χ2v) is 11.5. The highest BCUT2D eigenvalue weighted by Crippen LogP contribution is 2.36. The highest BCUT2D eigenvalue weighted by molar-refractivity contribution is 5.94. The SMILES string of the molecule is CC(C)CC(=O)c1cnc(CC[C@H](O)[C@@H](C(=O)OC(C)(C)C)C(N)(Cc2ccccc2)c2ccccc2)[nH]1. The summed E-state index contributed by atoms with van der Waals surface area (Å²) in [5.41, 5.74) is 7.27. The number of Topliss-reactive ketones (excluding diaryl/α,β-unsaturated/α-hetero) is 1. The third-order valence-electron chi connectivity index (χ3n) is 6.45. The summed E-state index contributed by atoms with van der Waals surface area (Å²) < 4.78 is 5.80. The third-order valence-corrected chi connectivity index (χ3v) is 6.45. The van der Waals surface area contributed by atoms with Crippen molar-refractivity contribution in [2.75, 3.05) is 0 Å². The van der Waals surface area contributed by atoms with Gasteiger partial charge in [0.15, 0.2) is 5.78 Å². The molecule has 0 fully saturated rings. The van der Waals surface area contributed by atoms with Gasteiger partial charge in [-0.2, -0.15) is 0 Å². The van der Waals surface area contributed by atoms with E-state index >= 15 is 0 Å². The normalized spacial score (nSPS) is 15.1. The Labute approximate surface area is 225 Å². The van der Waals surface area contributed by atoms with Crippen LogP contribution in [-0.2, 0) is 27.9 Å². The van der Waals surface area contributed by atoms with Gasteiger partial charge in [0.2, 0.25) is 0 Å². The quantitative estimate of drug-likeness (QED) is 0.229. The topological polar surface area (TPSA) is 118 Å². The first-order valence-corrected chi connectivity index (χ1v) is 13.3. The van der Waals surface area contributed by atoms with Gasteiger partial charge in [0.25, 0.3) is 0 Å². The molecule has 3 atom stereocenters. The maximum absolute atomic E-state index is 13.7. The molecular formula is C31H41N3O4. The number of nitrogens with zero attached hydrogens (tertiary/aromatic N) is 1. The number of esters is 1. The lowest BCUT2D eigenvalue weighted by molar-refractivity contribution is -0.168. The second kappa shape index (κ2) is 12.5. The molecule has 204 valence electrons. The van der Waals surface area contributed by atoms with Gasteiger partial charge in [-0.25, -0.2) is 4.98 Å². The number of ketones is 1. The second-order valence-electron chi connectivity index (χ2n) is 11.5. The summed E-state index contributed by atoms with van der Waals surface area (Å²) >= 11 is 0. The van der Waals surface area contributed by atoms with Crippen molar-refractivity contribution in [1.82, 2.24) is 9.97 Å². The molecule has 0 spiro atoms. The van der Waals surface area contributed by atoms with Crippen molar-refractivity contribution in [3.05, 3.63) is 89.5 Å². The molecule has 0 saturated carbocycles. The van der Waals surface area contributed by atoms with Gasteiger partial charge in [0, 0.05) is 12.8 Å². The van der Waals surface area contributed by atoms with Crippen molar-refractivity contribution in [1.29, 1.82) is 0 Å². The minimum absolute atomic E-state index is 0.00107. The average molecular weight is 520 g/mol. The number of carbonyl (C=O) groups excluding carboxylic acids is 2. The van der Waals surface area contributed by atoms with Crippen LogP contribution in [0.5, 0.6) is 0 Å². The molecule has 3 rings (SSSR count). The van der Waals surface area contributed by atoms with E-state index in [1.807, 2.05) is 74.5 Å². The van der Waals surface area contributed by atoms with Crippen LogP contribution in [0.1, 0.15) is 74.9 Å². The van der Waals surface area contributed by atoms with E-state index in [4.69, 9.17) is 10.5 Å². The molecule has 3 aromatic rings. The third kappa shape index (κ3) is 7.85. The lowest BCUT2D eigenvalue weighted by Gasteiger charge is -2.40. The fraction of sp³-hybridized carbons (Fsp3) is 0.452. The highest BCUT2D eigenvalue weighted by atomic mass is 16.6. The maximum Gasteiger partial charge on any atom is 0.314 e. The van der Waals surface area contributed by atoms with E-state index in [1.54, 1.807) is 20.8 Å². The summed E-state index contributed by atoms with van der Waals surface area (Å²) in [7, 11) is 0. The number of hydrogen-bond acceptors (Lipinski definition) is 6. The van der Waals surface area contributed by atoms with Gasteiger partial charge in [0.1, 0.15) is 23.0 Å². The number of aliphatic hydroxyl groups excluding tert-OH is 1. The molecule has 0 aliphatic rings. The molecular weight excluding hydrogens is 478 g/mol. The average Bonchev–Trinajstić information content (AvgIpc) is 3.32. The summed E-state index contributed by atoms with van der Waals surface area (Å²) in [4.78, 5) is 33.5. The number of benzene rings is 2. The number of hydrogen-bond donors (Lipinski definition) is 3. The monoisotopic (exact) mass is 519 g/mol. The molecule has 0 bridgehead atoms. The van der Waals surface area contributed by atoms with Crippen LogP contribution in [0.3, 0.4) is 0 Å². The Morgan fingerprint density at radius 3 is 2.21 bits per heavy atom. The number of aryl methyl sites for hydroxylation is 1. The van der Waals surface area contributed by atoms with Crippen molar-refractivity contribution < 1.29 is 19.4 Å². The van der Waals surface area contributed by atoms with Gasteiger partial charge < -0.3 is 20.6 Å². The Hall–Kier alpha value is -3.29. The first kappa shape index (κ1) is 29.3. The molecule has 7 heteroatoms. The van der Waals surface area contributed by atoms with E-state index in [1.165, 1.54) is 6.20 Å². The zero-order chi connectivity index (χ0) is 27.9. The van der Waals surface area contributed by atoms with E-state index in [2.05, 4.69) is 9.97 Å². The molecule has 0 saturated heterocycles. The molecule has 1 unspecified atom stereocenters. The zero-order valence-corrected chi connectivity index (χ0v) is 23.1. The lowest BCUT2D eigenvalue weighted by atomic mass is 9.71. The van der Waals surface area contributed by atoms with Gasteiger partial charge in [-0.1, -0.05) is 74.5 Å². The Morgan fingerprint density at radius 1 is 1.03 bits per heavy atom. The highest BCUT2D eigenvalue weighted by Gasteiger charge is 2.47. The number of rotatable bonds is 12. The van der Waals surface area contributed by atoms with Crippen LogP contribution in [0, 0.1) is 11.8 Å². The molecule has 0 aliphatic carbocycles. The predicted molar refractivity (Wildman–Crippen MR) is 148 cm³/mol. The predicted octanol–water partition coefficient (Wildman–Crippen LogP) is 4.99. The van der Waals surface area contributed by atoms with Crippen molar-refractivity contribution in [2.45, 2.75) is 77.5 Å². The number of aromatic amines is 1. The molecule has 0 radical (unpaired) electrons. The molecule has 0 aliphatic heterocycles. The summed E-state index contributed by atoms with van der Waals surface area (Å²) in [6.45, 7) is 9.37. The molecule has 4 N–H and O–H groups in total. The molecule has 1 heterocycles. The Bertz CT molecular complexity index is 1180. The van der Waals surface area contributed by atoms with E-state index in [9.17, 15) is 14.7 Å². The van der Waals surface area contributed by atoms with Gasteiger partial charge in [0.05, 0.1) is 17.8 Å². The van der Waals surface area contributed by atoms with E-state index in [0.29, 0.717) is 30.8 Å². The van der Waals surface area contributed by atoms with Gasteiger partial charge in [-0.3, -0.25) is 9.59 Å². The molecule has 38 heavy (non-hydrogen) atoms. The number of aromatic nitrogens is 2. The smallest absolute Gasteiger partial charge is 0.314 e. The number of ether oxygens (including phenoxy) is 1.